The van der Waals surface area contributed by atoms with Crippen LogP contribution in [0, 0.1) is 6.92 Å². The van der Waals surface area contributed by atoms with Crippen molar-refractivity contribution in [3.63, 3.8) is 0 Å². The topological polar surface area (TPSA) is 47.8 Å². The molecular formula is C24H16ClN3O. The van der Waals surface area contributed by atoms with Gasteiger partial charge in [0.05, 0.1) is 27.8 Å². The molecule has 0 N–H and O–H groups in total. The van der Waals surface area contributed by atoms with Crippen molar-refractivity contribution in [3.8, 4) is 11.3 Å². The molecule has 0 saturated carbocycles. The Morgan fingerprint density at radius 1 is 0.862 bits per heavy atom. The Kier molecular flexibility index (Phi) is 4.14. The third-order valence-electron chi connectivity index (χ3n) is 5.03. The standard InChI is InChI=1S/C24H16ClN3O/c1-15-26-21-12-6-7-13-23(21)28(15)24(29)18-14-22(17-9-2-4-10-19(17)25)27-20-11-5-3-8-16(18)20/h2-14H,1H3. The number of rotatable bonds is 2. The number of halogens is 1. The van der Waals surface area contributed by atoms with Gasteiger partial charge in [-0.1, -0.05) is 60.1 Å². The zero-order valence-electron chi connectivity index (χ0n) is 15.6. The van der Waals surface area contributed by atoms with Crippen molar-refractivity contribution in [2.24, 2.45) is 0 Å². The SMILES string of the molecule is Cc1nc2ccccc2n1C(=O)c1cc(-c2ccccc2Cl)nc2ccccc12. The van der Waals surface area contributed by atoms with Gasteiger partial charge in [0.2, 0.25) is 0 Å². The van der Waals surface area contributed by atoms with Crippen LogP contribution in [0.4, 0.5) is 0 Å². The zero-order chi connectivity index (χ0) is 20.0. The number of aryl methyl sites for hydroxylation is 1. The first kappa shape index (κ1) is 17.6. The number of fused-ring (bicyclic) bond motifs is 2. The summed E-state index contributed by atoms with van der Waals surface area (Å²) in [6.07, 6.45) is 0. The van der Waals surface area contributed by atoms with Gasteiger partial charge in [0.15, 0.2) is 0 Å². The average Bonchev–Trinajstić information content (AvgIpc) is 3.08. The monoisotopic (exact) mass is 397 g/mol. The Morgan fingerprint density at radius 2 is 1.55 bits per heavy atom. The fourth-order valence-electron chi connectivity index (χ4n) is 3.68. The van der Waals surface area contributed by atoms with E-state index in [9.17, 15) is 4.79 Å². The molecule has 140 valence electrons. The number of carbonyl (C=O) groups is 1. The lowest BCUT2D eigenvalue weighted by atomic mass is 10.0. The lowest BCUT2D eigenvalue weighted by Gasteiger charge is -2.12. The van der Waals surface area contributed by atoms with Crippen LogP contribution in [0.5, 0.6) is 0 Å². The summed E-state index contributed by atoms with van der Waals surface area (Å²) in [6.45, 7) is 1.84. The Morgan fingerprint density at radius 3 is 2.38 bits per heavy atom. The molecule has 0 atom stereocenters. The van der Waals surface area contributed by atoms with Crippen molar-refractivity contribution in [2.45, 2.75) is 6.92 Å². The maximum absolute atomic E-state index is 13.7. The summed E-state index contributed by atoms with van der Waals surface area (Å²) in [6, 6.07) is 24.6. The number of hydrogen-bond donors (Lipinski definition) is 0. The number of hydrogen-bond acceptors (Lipinski definition) is 3. The van der Waals surface area contributed by atoms with Gasteiger partial charge in [0.25, 0.3) is 5.91 Å². The molecule has 5 aromatic rings. The van der Waals surface area contributed by atoms with Crippen LogP contribution in [-0.4, -0.2) is 20.4 Å². The van der Waals surface area contributed by atoms with E-state index in [4.69, 9.17) is 16.6 Å². The van der Waals surface area contributed by atoms with Gasteiger partial charge in [0.1, 0.15) is 5.82 Å². The molecular weight excluding hydrogens is 382 g/mol. The van der Waals surface area contributed by atoms with E-state index < -0.39 is 0 Å². The molecule has 5 heteroatoms. The van der Waals surface area contributed by atoms with Crippen LogP contribution in [0.3, 0.4) is 0 Å². The van der Waals surface area contributed by atoms with Crippen LogP contribution in [0.2, 0.25) is 5.02 Å². The molecule has 0 fully saturated rings. The number of carbonyl (C=O) groups excluding carboxylic acids is 1. The maximum Gasteiger partial charge on any atom is 0.264 e. The van der Waals surface area contributed by atoms with E-state index in [0.29, 0.717) is 22.1 Å². The first-order valence-corrected chi connectivity index (χ1v) is 9.65. The molecule has 3 aromatic carbocycles. The molecule has 0 bridgehead atoms. The van der Waals surface area contributed by atoms with Gasteiger partial charge in [0, 0.05) is 16.0 Å². The highest BCUT2D eigenvalue weighted by Gasteiger charge is 2.20. The number of aromatic nitrogens is 3. The quantitative estimate of drug-likeness (QED) is 0.372. The van der Waals surface area contributed by atoms with E-state index in [1.54, 1.807) is 4.57 Å². The third-order valence-corrected chi connectivity index (χ3v) is 5.36. The predicted molar refractivity (Wildman–Crippen MR) is 116 cm³/mol. The molecule has 0 aliphatic carbocycles. The molecule has 0 spiro atoms. The van der Waals surface area contributed by atoms with Gasteiger partial charge < -0.3 is 0 Å². The van der Waals surface area contributed by atoms with E-state index in [1.165, 1.54) is 0 Å². The number of pyridine rings is 1. The molecule has 2 aromatic heterocycles. The Hall–Kier alpha value is -3.50. The number of nitrogens with zero attached hydrogens (tertiary/aromatic N) is 3. The van der Waals surface area contributed by atoms with Crippen LogP contribution in [0.25, 0.3) is 33.2 Å². The lowest BCUT2D eigenvalue weighted by molar-refractivity contribution is 0.0964. The van der Waals surface area contributed by atoms with Crippen LogP contribution >= 0.6 is 11.6 Å². The third kappa shape index (κ3) is 2.89. The first-order chi connectivity index (χ1) is 14.1. The van der Waals surface area contributed by atoms with Crippen LogP contribution < -0.4 is 0 Å². The van der Waals surface area contributed by atoms with Crippen molar-refractivity contribution in [2.75, 3.05) is 0 Å². The summed E-state index contributed by atoms with van der Waals surface area (Å²) in [4.78, 5) is 23.0. The van der Waals surface area contributed by atoms with E-state index in [2.05, 4.69) is 4.98 Å². The largest absolute Gasteiger partial charge is 0.268 e. The van der Waals surface area contributed by atoms with Gasteiger partial charge in [-0.15, -0.1) is 0 Å². The van der Waals surface area contributed by atoms with Gasteiger partial charge in [-0.2, -0.15) is 0 Å². The van der Waals surface area contributed by atoms with E-state index in [0.717, 1.165) is 27.5 Å². The second kappa shape index (κ2) is 6.83. The zero-order valence-corrected chi connectivity index (χ0v) is 16.4. The Bertz CT molecular complexity index is 1400. The van der Waals surface area contributed by atoms with E-state index in [-0.39, 0.29) is 5.91 Å². The molecule has 0 unspecified atom stereocenters. The maximum atomic E-state index is 13.7. The highest BCUT2D eigenvalue weighted by atomic mass is 35.5. The second-order valence-corrected chi connectivity index (χ2v) is 7.25. The minimum absolute atomic E-state index is 0.136. The molecule has 29 heavy (non-hydrogen) atoms. The number of benzene rings is 3. The minimum Gasteiger partial charge on any atom is -0.268 e. The molecule has 5 rings (SSSR count). The molecule has 2 heterocycles. The second-order valence-electron chi connectivity index (χ2n) is 6.84. The normalized spacial score (nSPS) is 11.2. The molecule has 4 nitrogen and oxygen atoms in total. The summed E-state index contributed by atoms with van der Waals surface area (Å²) in [5.74, 6) is 0.513. The summed E-state index contributed by atoms with van der Waals surface area (Å²) in [7, 11) is 0. The highest BCUT2D eigenvalue weighted by Crippen LogP contribution is 2.30. The molecule has 0 aliphatic heterocycles. The summed E-state index contributed by atoms with van der Waals surface area (Å²) in [5, 5.41) is 1.39. The smallest absolute Gasteiger partial charge is 0.264 e. The van der Waals surface area contributed by atoms with Crippen molar-refractivity contribution < 1.29 is 4.79 Å². The van der Waals surface area contributed by atoms with Gasteiger partial charge in [-0.3, -0.25) is 9.36 Å². The fraction of sp³-hybridized carbons (Fsp3) is 0.0417. The van der Waals surface area contributed by atoms with Gasteiger partial charge in [-0.25, -0.2) is 9.97 Å². The van der Waals surface area contributed by atoms with Gasteiger partial charge >= 0.3 is 0 Å². The summed E-state index contributed by atoms with van der Waals surface area (Å²) >= 11 is 6.40. The molecule has 0 amide bonds. The fourth-order valence-corrected chi connectivity index (χ4v) is 3.92. The van der Waals surface area contributed by atoms with Crippen LogP contribution in [0.1, 0.15) is 16.2 Å². The number of para-hydroxylation sites is 3. The lowest BCUT2D eigenvalue weighted by Crippen LogP contribution is -2.14. The Labute approximate surface area is 172 Å². The van der Waals surface area contributed by atoms with Crippen molar-refractivity contribution in [1.29, 1.82) is 0 Å². The van der Waals surface area contributed by atoms with Gasteiger partial charge in [-0.05, 0) is 37.3 Å². The molecule has 0 saturated heterocycles. The summed E-state index contributed by atoms with van der Waals surface area (Å²) < 4.78 is 1.66. The number of imidazole rings is 1. The predicted octanol–water partition coefficient (Wildman–Crippen LogP) is 5.90. The summed E-state index contributed by atoms with van der Waals surface area (Å²) in [5.41, 5.74) is 4.35. The van der Waals surface area contributed by atoms with E-state index >= 15 is 0 Å². The average molecular weight is 398 g/mol. The van der Waals surface area contributed by atoms with E-state index in [1.807, 2.05) is 85.8 Å². The van der Waals surface area contributed by atoms with Crippen LogP contribution in [-0.2, 0) is 0 Å². The highest BCUT2D eigenvalue weighted by molar-refractivity contribution is 6.33. The van der Waals surface area contributed by atoms with Crippen molar-refractivity contribution >= 4 is 39.4 Å². The Balaban J connectivity index is 1.79. The minimum atomic E-state index is -0.136. The van der Waals surface area contributed by atoms with Crippen LogP contribution in [0.15, 0.2) is 78.9 Å². The molecule has 0 radical (unpaired) electrons. The van der Waals surface area contributed by atoms with Crippen molar-refractivity contribution in [1.82, 2.24) is 14.5 Å². The van der Waals surface area contributed by atoms with Crippen molar-refractivity contribution in [3.05, 3.63) is 95.3 Å². The first-order valence-electron chi connectivity index (χ1n) is 9.27. The molecule has 0 aliphatic rings.